The van der Waals surface area contributed by atoms with Crippen molar-refractivity contribution in [2.45, 2.75) is 26.4 Å². The first-order valence-electron chi connectivity index (χ1n) is 3.90. The smallest absolute Gasteiger partial charge is 0.227 e. The fraction of sp³-hybridized carbons (Fsp3) is 0.500. The Labute approximate surface area is 104 Å². The predicted octanol–water partition coefficient (Wildman–Crippen LogP) is 3.81. The maximum absolute atomic E-state index is 7.74. The quantitative estimate of drug-likeness (QED) is 0.623. The zero-order valence-electron chi connectivity index (χ0n) is 8.02. The van der Waals surface area contributed by atoms with Crippen molar-refractivity contribution in [3.8, 4) is 0 Å². The number of hydrogen-bond acceptors (Lipinski definition) is 4. The number of ether oxygens (including phenoxy) is 1. The minimum Gasteiger partial charge on any atom is -0.471 e. The van der Waals surface area contributed by atoms with Gasteiger partial charge in [-0.2, -0.15) is 4.37 Å². The van der Waals surface area contributed by atoms with Gasteiger partial charge in [-0.25, -0.2) is 0 Å². The van der Waals surface area contributed by atoms with Crippen LogP contribution >= 0.6 is 43.4 Å². The third-order valence-electron chi connectivity index (χ3n) is 1.21. The number of rotatable bonds is 1. The van der Waals surface area contributed by atoms with Crippen molar-refractivity contribution in [2.75, 3.05) is 0 Å². The molecule has 0 amide bonds. The summed E-state index contributed by atoms with van der Waals surface area (Å²) < 4.78 is 11.0. The fourth-order valence-electron chi connectivity index (χ4n) is 0.753. The van der Waals surface area contributed by atoms with Gasteiger partial charge in [-0.15, -0.1) is 0 Å². The van der Waals surface area contributed by atoms with Crippen molar-refractivity contribution in [2.24, 2.45) is 0 Å². The van der Waals surface area contributed by atoms with Crippen LogP contribution in [0.1, 0.15) is 25.6 Å². The van der Waals surface area contributed by atoms with E-state index in [0.29, 0.717) is 9.48 Å². The highest BCUT2D eigenvalue weighted by atomic mass is 79.9. The summed E-state index contributed by atoms with van der Waals surface area (Å²) in [5.74, 6) is 0.146. The third kappa shape index (κ3) is 3.03. The maximum Gasteiger partial charge on any atom is 0.227 e. The van der Waals surface area contributed by atoms with Gasteiger partial charge in [0, 0.05) is 0 Å². The second-order valence-electron chi connectivity index (χ2n) is 3.66. The van der Waals surface area contributed by atoms with Crippen LogP contribution in [-0.4, -0.2) is 15.9 Å². The molecule has 0 spiro atoms. The van der Waals surface area contributed by atoms with E-state index in [2.05, 4.69) is 36.2 Å². The molecule has 1 aromatic rings. The van der Waals surface area contributed by atoms with Gasteiger partial charge in [0.25, 0.3) is 0 Å². The molecule has 0 aliphatic rings. The maximum atomic E-state index is 7.74. The van der Waals surface area contributed by atoms with Crippen LogP contribution in [0.25, 0.3) is 0 Å². The normalized spacial score (nSPS) is 11.5. The standard InChI is InChI=1S/C8H10Br2N2OS/c1-8(2,3)13-7(11)5-4(9)6(10)12-14-5/h11H,1-3H3. The molecule has 0 atom stereocenters. The molecular formula is C8H10Br2N2OS. The lowest BCUT2D eigenvalue weighted by molar-refractivity contribution is 0.116. The van der Waals surface area contributed by atoms with Crippen LogP contribution in [0.5, 0.6) is 0 Å². The summed E-state index contributed by atoms with van der Waals surface area (Å²) in [6.07, 6.45) is 0. The molecule has 1 aromatic heterocycles. The van der Waals surface area contributed by atoms with Crippen molar-refractivity contribution in [3.05, 3.63) is 14.0 Å². The Balaban J connectivity index is 2.86. The molecule has 0 saturated carbocycles. The summed E-state index contributed by atoms with van der Waals surface area (Å²) in [5.41, 5.74) is -0.354. The van der Waals surface area contributed by atoms with Gasteiger partial charge in [-0.1, -0.05) is 0 Å². The highest BCUT2D eigenvalue weighted by molar-refractivity contribution is 9.13. The Morgan fingerprint density at radius 3 is 2.36 bits per heavy atom. The Morgan fingerprint density at radius 1 is 1.43 bits per heavy atom. The minimum atomic E-state index is -0.354. The van der Waals surface area contributed by atoms with E-state index in [-0.39, 0.29) is 11.5 Å². The summed E-state index contributed by atoms with van der Waals surface area (Å²) in [5, 5.41) is 7.74. The summed E-state index contributed by atoms with van der Waals surface area (Å²) in [7, 11) is 0. The molecule has 1 rings (SSSR count). The van der Waals surface area contributed by atoms with Crippen LogP contribution in [0.15, 0.2) is 9.08 Å². The molecule has 1 heterocycles. The fourth-order valence-corrected chi connectivity index (χ4v) is 2.47. The predicted molar refractivity (Wildman–Crippen MR) is 65.2 cm³/mol. The van der Waals surface area contributed by atoms with Crippen molar-refractivity contribution in [3.63, 3.8) is 0 Å². The molecule has 0 aliphatic carbocycles. The Kier molecular flexibility index (Phi) is 3.71. The number of nitrogens with one attached hydrogen (secondary N) is 1. The number of halogens is 2. The topological polar surface area (TPSA) is 46.0 Å². The summed E-state index contributed by atoms with van der Waals surface area (Å²) in [6, 6.07) is 0. The lowest BCUT2D eigenvalue weighted by Gasteiger charge is -2.20. The second-order valence-corrected chi connectivity index (χ2v) is 5.98. The van der Waals surface area contributed by atoms with E-state index in [1.165, 1.54) is 11.5 Å². The molecule has 0 radical (unpaired) electrons. The first-order chi connectivity index (χ1) is 6.31. The molecule has 3 nitrogen and oxygen atoms in total. The van der Waals surface area contributed by atoms with Gasteiger partial charge in [0.2, 0.25) is 5.90 Å². The van der Waals surface area contributed by atoms with Crippen molar-refractivity contribution < 1.29 is 4.74 Å². The number of nitrogens with zero attached hydrogens (tertiary/aromatic N) is 1. The van der Waals surface area contributed by atoms with Crippen molar-refractivity contribution in [1.82, 2.24) is 4.37 Å². The van der Waals surface area contributed by atoms with Gasteiger partial charge in [0.05, 0.1) is 4.47 Å². The first kappa shape index (κ1) is 12.1. The second kappa shape index (κ2) is 4.28. The monoisotopic (exact) mass is 340 g/mol. The summed E-state index contributed by atoms with van der Waals surface area (Å²) in [4.78, 5) is 0.701. The molecule has 14 heavy (non-hydrogen) atoms. The van der Waals surface area contributed by atoms with E-state index in [1.54, 1.807) is 0 Å². The molecule has 0 saturated heterocycles. The van der Waals surface area contributed by atoms with Gasteiger partial charge in [-0.3, -0.25) is 5.41 Å². The van der Waals surface area contributed by atoms with Crippen LogP contribution in [0, 0.1) is 5.41 Å². The lowest BCUT2D eigenvalue weighted by Crippen LogP contribution is -2.23. The third-order valence-corrected chi connectivity index (χ3v) is 4.43. The van der Waals surface area contributed by atoms with Gasteiger partial charge < -0.3 is 4.74 Å². The lowest BCUT2D eigenvalue weighted by atomic mass is 10.2. The van der Waals surface area contributed by atoms with E-state index in [1.807, 2.05) is 20.8 Å². The Bertz CT molecular complexity index is 357. The Morgan fingerprint density at radius 2 is 2.00 bits per heavy atom. The van der Waals surface area contributed by atoms with E-state index in [4.69, 9.17) is 10.1 Å². The SMILES string of the molecule is CC(C)(C)OC(=N)c1snc(Br)c1Br. The van der Waals surface area contributed by atoms with E-state index < -0.39 is 0 Å². The van der Waals surface area contributed by atoms with Gasteiger partial charge in [-0.05, 0) is 64.2 Å². The summed E-state index contributed by atoms with van der Waals surface area (Å²) in [6.45, 7) is 5.72. The number of hydrogen-bond donors (Lipinski definition) is 1. The highest BCUT2D eigenvalue weighted by Crippen LogP contribution is 2.30. The van der Waals surface area contributed by atoms with Crippen LogP contribution in [0.2, 0.25) is 0 Å². The molecule has 0 unspecified atom stereocenters. The first-order valence-corrected chi connectivity index (χ1v) is 6.26. The summed E-state index contributed by atoms with van der Waals surface area (Å²) >= 11 is 7.83. The van der Waals surface area contributed by atoms with E-state index in [9.17, 15) is 0 Å². The van der Waals surface area contributed by atoms with Crippen LogP contribution in [0.3, 0.4) is 0 Å². The van der Waals surface area contributed by atoms with Crippen LogP contribution in [-0.2, 0) is 4.74 Å². The average Bonchev–Trinajstić information content (AvgIpc) is 2.29. The molecule has 0 fully saturated rings. The average molecular weight is 342 g/mol. The molecule has 6 heteroatoms. The van der Waals surface area contributed by atoms with Crippen molar-refractivity contribution in [1.29, 1.82) is 5.41 Å². The molecule has 78 valence electrons. The number of aromatic nitrogens is 1. The Hall–Kier alpha value is 0.0600. The highest BCUT2D eigenvalue weighted by Gasteiger charge is 2.20. The zero-order chi connectivity index (χ0) is 10.9. The molecule has 0 bridgehead atoms. The van der Waals surface area contributed by atoms with Crippen LogP contribution < -0.4 is 0 Å². The van der Waals surface area contributed by atoms with Crippen LogP contribution in [0.4, 0.5) is 0 Å². The molecule has 0 aliphatic heterocycles. The minimum absolute atomic E-state index is 0.146. The molecule has 1 N–H and O–H groups in total. The van der Waals surface area contributed by atoms with E-state index in [0.717, 1.165) is 4.47 Å². The largest absolute Gasteiger partial charge is 0.471 e. The van der Waals surface area contributed by atoms with Crippen molar-refractivity contribution >= 4 is 49.3 Å². The van der Waals surface area contributed by atoms with Gasteiger partial charge in [0.1, 0.15) is 15.1 Å². The molecular weight excluding hydrogens is 332 g/mol. The van der Waals surface area contributed by atoms with Gasteiger partial charge in [0.15, 0.2) is 0 Å². The van der Waals surface area contributed by atoms with Gasteiger partial charge >= 0.3 is 0 Å². The molecule has 0 aromatic carbocycles. The zero-order valence-corrected chi connectivity index (χ0v) is 12.0. The van der Waals surface area contributed by atoms with E-state index >= 15 is 0 Å².